The Kier molecular flexibility index (Phi) is 3.69. The van der Waals surface area contributed by atoms with Gasteiger partial charge < -0.3 is 10.1 Å². The monoisotopic (exact) mass is 276 g/mol. The number of benzene rings is 1. The van der Waals surface area contributed by atoms with Crippen LogP contribution in [0.15, 0.2) is 29.3 Å². The van der Waals surface area contributed by atoms with E-state index in [1.165, 1.54) is 25.7 Å². The van der Waals surface area contributed by atoms with Gasteiger partial charge in [0.1, 0.15) is 5.75 Å². The number of hydrogen-bond donors (Lipinski definition) is 1. The summed E-state index contributed by atoms with van der Waals surface area (Å²) in [6.45, 7) is 2.69. The van der Waals surface area contributed by atoms with Crippen LogP contribution >= 0.6 is 11.8 Å². The first-order chi connectivity index (χ1) is 9.31. The van der Waals surface area contributed by atoms with Crippen molar-refractivity contribution < 1.29 is 4.74 Å². The molecule has 102 valence electrons. The predicted molar refractivity (Wildman–Crippen MR) is 82.3 cm³/mol. The number of amidine groups is 1. The van der Waals surface area contributed by atoms with Crippen LogP contribution in [-0.2, 0) is 0 Å². The van der Waals surface area contributed by atoms with Crippen LogP contribution in [0.1, 0.15) is 32.6 Å². The minimum absolute atomic E-state index is 0.230. The van der Waals surface area contributed by atoms with E-state index in [2.05, 4.69) is 5.32 Å². The van der Waals surface area contributed by atoms with Crippen LogP contribution in [0.25, 0.3) is 0 Å². The summed E-state index contributed by atoms with van der Waals surface area (Å²) in [5, 5.41) is 4.48. The van der Waals surface area contributed by atoms with Crippen LogP contribution in [0, 0.1) is 0 Å². The molecule has 1 aromatic carbocycles. The number of para-hydroxylation sites is 2. The standard InChI is InChI=1S/C15H20N2OS/c1-2-18-13-8-4-3-7-12(13)16-14-17-15(11-19-14)9-5-6-10-15/h3-4,7-8H,2,5-6,9-11H2,1H3,(H,16,17). The summed E-state index contributed by atoms with van der Waals surface area (Å²) in [7, 11) is 0. The van der Waals surface area contributed by atoms with Crippen LogP contribution in [0.3, 0.4) is 0 Å². The molecular formula is C15H20N2OS. The number of anilines is 1. The summed E-state index contributed by atoms with van der Waals surface area (Å²) in [5.41, 5.74) is 1.25. The van der Waals surface area contributed by atoms with Crippen LogP contribution in [0.4, 0.5) is 5.69 Å². The highest BCUT2D eigenvalue weighted by Gasteiger charge is 2.38. The van der Waals surface area contributed by atoms with Gasteiger partial charge in [-0.15, -0.1) is 0 Å². The van der Waals surface area contributed by atoms with E-state index in [4.69, 9.17) is 9.73 Å². The molecule has 1 aromatic rings. The molecule has 1 aliphatic carbocycles. The first-order valence-electron chi connectivity index (χ1n) is 7.03. The van der Waals surface area contributed by atoms with E-state index in [-0.39, 0.29) is 5.54 Å². The maximum absolute atomic E-state index is 5.64. The zero-order chi connectivity index (χ0) is 13.1. The molecule has 4 heteroatoms. The molecule has 1 spiro atoms. The molecule has 0 atom stereocenters. The zero-order valence-electron chi connectivity index (χ0n) is 11.3. The Hall–Kier alpha value is -1.16. The number of aliphatic imine (C=N–C) groups is 1. The summed E-state index contributed by atoms with van der Waals surface area (Å²) in [6.07, 6.45) is 5.15. The van der Waals surface area contributed by atoms with Gasteiger partial charge in [-0.1, -0.05) is 36.7 Å². The van der Waals surface area contributed by atoms with Crippen molar-refractivity contribution in [2.24, 2.45) is 4.99 Å². The molecular weight excluding hydrogens is 256 g/mol. The predicted octanol–water partition coefficient (Wildman–Crippen LogP) is 3.91. The SMILES string of the molecule is CCOc1ccccc1NC1=NC2(CCCC2)CS1. The molecule has 1 heterocycles. The van der Waals surface area contributed by atoms with E-state index >= 15 is 0 Å². The van der Waals surface area contributed by atoms with Gasteiger partial charge in [-0.2, -0.15) is 0 Å². The molecule has 2 aliphatic rings. The van der Waals surface area contributed by atoms with Crippen molar-refractivity contribution in [1.29, 1.82) is 0 Å². The summed E-state index contributed by atoms with van der Waals surface area (Å²) < 4.78 is 5.64. The Morgan fingerprint density at radius 2 is 2.11 bits per heavy atom. The van der Waals surface area contributed by atoms with Crippen LogP contribution in [0.2, 0.25) is 0 Å². The number of ether oxygens (including phenoxy) is 1. The van der Waals surface area contributed by atoms with Crippen LogP contribution < -0.4 is 10.1 Å². The average Bonchev–Trinajstić information content (AvgIpc) is 3.03. The lowest BCUT2D eigenvalue weighted by Crippen LogP contribution is -2.21. The van der Waals surface area contributed by atoms with E-state index in [1.807, 2.05) is 43.0 Å². The number of nitrogens with zero attached hydrogens (tertiary/aromatic N) is 1. The van der Waals surface area contributed by atoms with Crippen molar-refractivity contribution in [2.45, 2.75) is 38.1 Å². The molecule has 3 rings (SSSR count). The average molecular weight is 276 g/mol. The van der Waals surface area contributed by atoms with Gasteiger partial charge in [0, 0.05) is 5.75 Å². The first kappa shape index (κ1) is 12.9. The number of rotatable bonds is 3. The second-order valence-corrected chi connectivity index (χ2v) is 6.16. The van der Waals surface area contributed by atoms with Gasteiger partial charge in [-0.25, -0.2) is 0 Å². The van der Waals surface area contributed by atoms with E-state index in [0.717, 1.165) is 22.4 Å². The molecule has 1 N–H and O–H groups in total. The third kappa shape index (κ3) is 2.73. The van der Waals surface area contributed by atoms with Crippen molar-refractivity contribution in [2.75, 3.05) is 17.7 Å². The van der Waals surface area contributed by atoms with Crippen molar-refractivity contribution in [1.82, 2.24) is 0 Å². The van der Waals surface area contributed by atoms with Gasteiger partial charge in [0.2, 0.25) is 0 Å². The van der Waals surface area contributed by atoms with Gasteiger partial charge in [-0.05, 0) is 31.9 Å². The van der Waals surface area contributed by atoms with E-state index in [9.17, 15) is 0 Å². The van der Waals surface area contributed by atoms with Crippen molar-refractivity contribution in [3.63, 3.8) is 0 Å². The van der Waals surface area contributed by atoms with Crippen molar-refractivity contribution in [3.8, 4) is 5.75 Å². The number of thioether (sulfide) groups is 1. The minimum atomic E-state index is 0.230. The summed E-state index contributed by atoms with van der Waals surface area (Å²) >= 11 is 1.84. The molecule has 0 amide bonds. The molecule has 0 unspecified atom stereocenters. The molecule has 0 aromatic heterocycles. The quantitative estimate of drug-likeness (QED) is 0.908. The maximum Gasteiger partial charge on any atom is 0.161 e. The Morgan fingerprint density at radius 3 is 2.89 bits per heavy atom. The second kappa shape index (κ2) is 5.45. The molecule has 0 saturated heterocycles. The van der Waals surface area contributed by atoms with Gasteiger partial charge in [0.15, 0.2) is 5.17 Å². The Morgan fingerprint density at radius 1 is 1.32 bits per heavy atom. The van der Waals surface area contributed by atoms with E-state index < -0.39 is 0 Å². The highest BCUT2D eigenvalue weighted by atomic mass is 32.2. The van der Waals surface area contributed by atoms with Crippen molar-refractivity contribution in [3.05, 3.63) is 24.3 Å². The third-order valence-corrected chi connectivity index (χ3v) is 4.93. The molecule has 1 saturated carbocycles. The van der Waals surface area contributed by atoms with Crippen LogP contribution in [0.5, 0.6) is 5.75 Å². The third-order valence-electron chi connectivity index (χ3n) is 3.78. The van der Waals surface area contributed by atoms with Gasteiger partial charge in [0.05, 0.1) is 17.8 Å². The summed E-state index contributed by atoms with van der Waals surface area (Å²) in [4.78, 5) is 4.93. The Labute approximate surface area is 118 Å². The highest BCUT2D eigenvalue weighted by molar-refractivity contribution is 8.14. The normalized spacial score (nSPS) is 20.6. The maximum atomic E-state index is 5.64. The Balaban J connectivity index is 1.75. The van der Waals surface area contributed by atoms with Gasteiger partial charge in [0.25, 0.3) is 0 Å². The zero-order valence-corrected chi connectivity index (χ0v) is 12.1. The van der Waals surface area contributed by atoms with E-state index in [0.29, 0.717) is 6.61 Å². The summed E-state index contributed by atoms with van der Waals surface area (Å²) in [6, 6.07) is 8.07. The molecule has 0 radical (unpaired) electrons. The second-order valence-electron chi connectivity index (χ2n) is 5.19. The topological polar surface area (TPSA) is 33.6 Å². The first-order valence-corrected chi connectivity index (χ1v) is 8.01. The molecule has 19 heavy (non-hydrogen) atoms. The fourth-order valence-electron chi connectivity index (χ4n) is 2.80. The molecule has 1 fully saturated rings. The van der Waals surface area contributed by atoms with Crippen LogP contribution in [-0.4, -0.2) is 23.1 Å². The minimum Gasteiger partial charge on any atom is -0.492 e. The molecule has 3 nitrogen and oxygen atoms in total. The lowest BCUT2D eigenvalue weighted by molar-refractivity contribution is 0.342. The lowest BCUT2D eigenvalue weighted by atomic mass is 10.0. The van der Waals surface area contributed by atoms with Gasteiger partial charge >= 0.3 is 0 Å². The van der Waals surface area contributed by atoms with E-state index in [1.54, 1.807) is 0 Å². The smallest absolute Gasteiger partial charge is 0.161 e. The Bertz CT molecular complexity index is 481. The molecule has 1 aliphatic heterocycles. The fraction of sp³-hybridized carbons (Fsp3) is 0.533. The molecule has 0 bridgehead atoms. The van der Waals surface area contributed by atoms with Gasteiger partial charge in [-0.3, -0.25) is 4.99 Å². The fourth-order valence-corrected chi connectivity index (χ4v) is 4.00. The number of hydrogen-bond acceptors (Lipinski definition) is 4. The van der Waals surface area contributed by atoms with Crippen molar-refractivity contribution >= 4 is 22.6 Å². The number of nitrogens with one attached hydrogen (secondary N) is 1. The summed E-state index contributed by atoms with van der Waals surface area (Å²) in [5.74, 6) is 2.03. The lowest BCUT2D eigenvalue weighted by Gasteiger charge is -2.16. The largest absolute Gasteiger partial charge is 0.492 e. The highest BCUT2D eigenvalue weighted by Crippen LogP contribution is 2.41.